The minimum absolute atomic E-state index is 0.189. The maximum Gasteiger partial charge on any atom is 0.116 e. The topological polar surface area (TPSA) is 56.3 Å². The number of nitriles is 1. The second-order valence-corrected chi connectivity index (χ2v) is 4.17. The van der Waals surface area contributed by atoms with Gasteiger partial charge in [0.15, 0.2) is 0 Å². The van der Waals surface area contributed by atoms with Crippen LogP contribution in [0.2, 0.25) is 0 Å². The van der Waals surface area contributed by atoms with E-state index in [9.17, 15) is 0 Å². The highest BCUT2D eigenvalue weighted by atomic mass is 32.1. The number of piperazine rings is 1. The third-order valence-electron chi connectivity index (χ3n) is 2.70. The molecule has 0 aliphatic carbocycles. The number of thiocarbonyl (C=S) groups is 1. The van der Waals surface area contributed by atoms with Gasteiger partial charge in [0.25, 0.3) is 0 Å². The van der Waals surface area contributed by atoms with Gasteiger partial charge >= 0.3 is 0 Å². The van der Waals surface area contributed by atoms with Crippen molar-refractivity contribution in [2.24, 2.45) is 5.73 Å². The minimum Gasteiger partial charge on any atom is -0.389 e. The molecule has 2 N–H and O–H groups in total. The summed E-state index contributed by atoms with van der Waals surface area (Å²) >= 11 is 4.85. The molecule has 0 amide bonds. The van der Waals surface area contributed by atoms with Crippen molar-refractivity contribution in [2.45, 2.75) is 6.92 Å². The van der Waals surface area contributed by atoms with Gasteiger partial charge in [0.1, 0.15) is 16.6 Å². The summed E-state index contributed by atoms with van der Waals surface area (Å²) in [6.45, 7) is 5.77. The van der Waals surface area contributed by atoms with Gasteiger partial charge < -0.3 is 15.5 Å². The van der Waals surface area contributed by atoms with Gasteiger partial charge in [-0.15, -0.1) is 0 Å². The summed E-state index contributed by atoms with van der Waals surface area (Å²) in [6, 6.07) is 2.07. The molecule has 82 valence electrons. The van der Waals surface area contributed by atoms with Gasteiger partial charge in [0.05, 0.1) is 0 Å². The normalized spacial score (nSPS) is 19.4. The van der Waals surface area contributed by atoms with Crippen LogP contribution < -0.4 is 5.73 Å². The monoisotopic (exact) mass is 224 g/mol. The molecule has 15 heavy (non-hydrogen) atoms. The third-order valence-corrected chi connectivity index (χ3v) is 2.90. The lowest BCUT2D eigenvalue weighted by Crippen LogP contribution is -2.44. The maximum absolute atomic E-state index is 8.94. The van der Waals surface area contributed by atoms with E-state index in [1.165, 1.54) is 0 Å². The highest BCUT2D eigenvalue weighted by Gasteiger charge is 2.17. The molecule has 5 heteroatoms. The largest absolute Gasteiger partial charge is 0.389 e. The van der Waals surface area contributed by atoms with Crippen LogP contribution in [0.3, 0.4) is 0 Å². The average Bonchev–Trinajstić information content (AvgIpc) is 2.19. The molecule has 1 aliphatic rings. The van der Waals surface area contributed by atoms with Gasteiger partial charge in [0.2, 0.25) is 0 Å². The lowest BCUT2D eigenvalue weighted by molar-refractivity contribution is 0.186. The van der Waals surface area contributed by atoms with Crippen LogP contribution in [0.5, 0.6) is 0 Å². The quantitative estimate of drug-likeness (QED) is 0.416. The molecule has 1 heterocycles. The molecule has 0 unspecified atom stereocenters. The van der Waals surface area contributed by atoms with E-state index < -0.39 is 0 Å². The summed E-state index contributed by atoms with van der Waals surface area (Å²) in [4.78, 5) is 4.61. The zero-order valence-electron chi connectivity index (χ0n) is 9.16. The van der Waals surface area contributed by atoms with Crippen molar-refractivity contribution in [3.05, 3.63) is 11.3 Å². The first-order valence-corrected chi connectivity index (χ1v) is 5.31. The molecule has 0 aromatic carbocycles. The van der Waals surface area contributed by atoms with Gasteiger partial charge in [0, 0.05) is 31.9 Å². The molecule has 0 saturated carbocycles. The number of nitrogens with zero attached hydrogens (tertiary/aromatic N) is 3. The van der Waals surface area contributed by atoms with E-state index >= 15 is 0 Å². The highest BCUT2D eigenvalue weighted by Crippen LogP contribution is 2.12. The zero-order valence-corrected chi connectivity index (χ0v) is 9.97. The van der Waals surface area contributed by atoms with Crippen molar-refractivity contribution < 1.29 is 0 Å². The summed E-state index contributed by atoms with van der Waals surface area (Å²) in [5.41, 5.74) is 6.84. The molecule has 1 rings (SSSR count). The van der Waals surface area contributed by atoms with Gasteiger partial charge in [-0.1, -0.05) is 12.2 Å². The Hall–Kier alpha value is -1.12. The van der Waals surface area contributed by atoms with Crippen molar-refractivity contribution >= 4 is 17.2 Å². The van der Waals surface area contributed by atoms with Crippen molar-refractivity contribution in [1.82, 2.24) is 9.80 Å². The van der Waals surface area contributed by atoms with E-state index in [-0.39, 0.29) is 4.99 Å². The fraction of sp³-hybridized carbons (Fsp3) is 0.600. The second kappa shape index (κ2) is 5.10. The second-order valence-electron chi connectivity index (χ2n) is 3.73. The third kappa shape index (κ3) is 2.91. The predicted octanol–water partition coefficient (Wildman–Crippen LogP) is 0.317. The van der Waals surface area contributed by atoms with Gasteiger partial charge in [-0.05, 0) is 14.0 Å². The SMILES string of the molecule is CC(=C(C#N)C(N)=S)N1CCN(C)CC1. The number of hydrogen-bond acceptors (Lipinski definition) is 4. The molecule has 1 saturated heterocycles. The molecule has 0 aromatic rings. The van der Waals surface area contributed by atoms with Crippen LogP contribution in [0, 0.1) is 11.3 Å². The standard InChI is InChI=1S/C10H16N4S/c1-8(9(7-11)10(12)15)14-5-3-13(2)4-6-14/h3-6H2,1-2H3,(H2,12,15). The van der Waals surface area contributed by atoms with Crippen LogP contribution in [0.25, 0.3) is 0 Å². The predicted molar refractivity (Wildman–Crippen MR) is 64.2 cm³/mol. The molecule has 0 atom stereocenters. The summed E-state index contributed by atoms with van der Waals surface area (Å²) in [5, 5.41) is 8.94. The average molecular weight is 224 g/mol. The van der Waals surface area contributed by atoms with Crippen molar-refractivity contribution in [3.63, 3.8) is 0 Å². The fourth-order valence-electron chi connectivity index (χ4n) is 1.61. The van der Waals surface area contributed by atoms with E-state index in [1.54, 1.807) is 0 Å². The first kappa shape index (κ1) is 12.0. The molecule has 4 nitrogen and oxygen atoms in total. The van der Waals surface area contributed by atoms with E-state index in [4.69, 9.17) is 23.2 Å². The summed E-state index contributed by atoms with van der Waals surface area (Å²) in [5.74, 6) is 0. The number of rotatable bonds is 2. The van der Waals surface area contributed by atoms with Crippen LogP contribution in [0.15, 0.2) is 11.3 Å². The number of allylic oxidation sites excluding steroid dienone is 1. The van der Waals surface area contributed by atoms with E-state index in [0.29, 0.717) is 5.57 Å². The van der Waals surface area contributed by atoms with Crippen LogP contribution in [0.4, 0.5) is 0 Å². The lowest BCUT2D eigenvalue weighted by Gasteiger charge is -2.34. The smallest absolute Gasteiger partial charge is 0.116 e. The minimum atomic E-state index is 0.189. The Balaban J connectivity index is 2.79. The summed E-state index contributed by atoms with van der Waals surface area (Å²) < 4.78 is 0. The van der Waals surface area contributed by atoms with Crippen molar-refractivity contribution in [2.75, 3.05) is 33.2 Å². The van der Waals surface area contributed by atoms with Crippen molar-refractivity contribution in [3.8, 4) is 6.07 Å². The van der Waals surface area contributed by atoms with Crippen LogP contribution in [-0.4, -0.2) is 48.0 Å². The maximum atomic E-state index is 8.94. The molecular formula is C10H16N4S. The first-order chi connectivity index (χ1) is 7.06. The van der Waals surface area contributed by atoms with Crippen LogP contribution >= 0.6 is 12.2 Å². The van der Waals surface area contributed by atoms with Gasteiger partial charge in [-0.25, -0.2) is 0 Å². The van der Waals surface area contributed by atoms with Crippen LogP contribution in [0.1, 0.15) is 6.92 Å². The molecule has 0 spiro atoms. The zero-order chi connectivity index (χ0) is 11.4. The Morgan fingerprint density at radius 2 is 1.87 bits per heavy atom. The fourth-order valence-corrected chi connectivity index (χ4v) is 1.81. The Labute approximate surface area is 95.9 Å². The van der Waals surface area contributed by atoms with E-state index in [1.807, 2.05) is 6.92 Å². The summed E-state index contributed by atoms with van der Waals surface area (Å²) in [7, 11) is 2.09. The number of likely N-dealkylation sites (N-methyl/N-ethyl adjacent to an activating group) is 1. The molecular weight excluding hydrogens is 208 g/mol. The highest BCUT2D eigenvalue weighted by molar-refractivity contribution is 7.80. The Morgan fingerprint density at radius 1 is 1.33 bits per heavy atom. The van der Waals surface area contributed by atoms with Gasteiger partial charge in [-0.2, -0.15) is 5.26 Å². The van der Waals surface area contributed by atoms with E-state index in [0.717, 1.165) is 31.9 Å². The van der Waals surface area contributed by atoms with Crippen LogP contribution in [-0.2, 0) is 0 Å². The Morgan fingerprint density at radius 3 is 2.27 bits per heavy atom. The molecule has 0 radical (unpaired) electrons. The lowest BCUT2D eigenvalue weighted by atomic mass is 10.2. The van der Waals surface area contributed by atoms with Gasteiger partial charge in [-0.3, -0.25) is 0 Å². The Kier molecular flexibility index (Phi) is 4.06. The number of nitrogens with two attached hydrogens (primary N) is 1. The first-order valence-electron chi connectivity index (χ1n) is 4.90. The van der Waals surface area contributed by atoms with Crippen molar-refractivity contribution in [1.29, 1.82) is 5.26 Å². The summed E-state index contributed by atoms with van der Waals surface area (Å²) in [6.07, 6.45) is 0. The van der Waals surface area contributed by atoms with E-state index in [2.05, 4.69) is 22.9 Å². The molecule has 0 bridgehead atoms. The molecule has 0 aromatic heterocycles. The Bertz CT molecular complexity index is 321. The molecule has 1 aliphatic heterocycles. The molecule has 1 fully saturated rings. The number of hydrogen-bond donors (Lipinski definition) is 1.